The molecular weight excluding hydrogens is 258 g/mol. The minimum atomic E-state index is -1.84. The summed E-state index contributed by atoms with van der Waals surface area (Å²) in [5.74, 6) is -0.876. The number of carboxylic acids is 1. The summed E-state index contributed by atoms with van der Waals surface area (Å²) in [6, 6.07) is 0. The maximum Gasteiger partial charge on any atom is 0.333 e. The molecule has 0 spiro atoms. The second kappa shape index (κ2) is 6.57. The van der Waals surface area contributed by atoms with Crippen LogP contribution in [0.15, 0.2) is 11.8 Å². The molecule has 0 aromatic carbocycles. The van der Waals surface area contributed by atoms with Crippen LogP contribution in [0.2, 0.25) is 18.1 Å². The van der Waals surface area contributed by atoms with Crippen LogP contribution in [-0.4, -0.2) is 44.5 Å². The highest BCUT2D eigenvalue weighted by atomic mass is 28.4. The van der Waals surface area contributed by atoms with Gasteiger partial charge in [0.1, 0.15) is 0 Å². The van der Waals surface area contributed by atoms with Crippen LogP contribution < -0.4 is 0 Å². The van der Waals surface area contributed by atoms with Crippen molar-refractivity contribution in [3.8, 4) is 0 Å². The van der Waals surface area contributed by atoms with Crippen molar-refractivity contribution in [1.82, 2.24) is 4.90 Å². The number of carboxylic acid groups (broad SMARTS) is 1. The van der Waals surface area contributed by atoms with Gasteiger partial charge in [0.25, 0.3) is 0 Å². The zero-order chi connectivity index (χ0) is 15.4. The maximum atomic E-state index is 11.2. The van der Waals surface area contributed by atoms with E-state index in [9.17, 15) is 9.90 Å². The smallest absolute Gasteiger partial charge is 0.333 e. The Morgan fingerprint density at radius 2 is 1.84 bits per heavy atom. The number of hydrogen-bond acceptors (Lipinski definition) is 3. The van der Waals surface area contributed by atoms with Crippen molar-refractivity contribution in [2.45, 2.75) is 58.4 Å². The standard InChI is InChI=1S/C14H29NO3Si/c1-11(18-19(7,8)14(2,3)4)9-12(13(16)17)10-15(5)6/h10-11H,9H2,1-8H3,(H,16,17). The van der Waals surface area contributed by atoms with Gasteiger partial charge in [0.2, 0.25) is 0 Å². The number of hydrogen-bond donors (Lipinski definition) is 1. The van der Waals surface area contributed by atoms with Crippen LogP contribution in [0.1, 0.15) is 34.1 Å². The van der Waals surface area contributed by atoms with Gasteiger partial charge in [0.05, 0.1) is 5.57 Å². The molecule has 0 fully saturated rings. The van der Waals surface area contributed by atoms with E-state index in [2.05, 4.69) is 33.9 Å². The van der Waals surface area contributed by atoms with Crippen LogP contribution in [0.5, 0.6) is 0 Å². The van der Waals surface area contributed by atoms with E-state index in [1.165, 1.54) is 0 Å². The summed E-state index contributed by atoms with van der Waals surface area (Å²) in [6.45, 7) is 12.9. The molecule has 0 saturated heterocycles. The summed E-state index contributed by atoms with van der Waals surface area (Å²) < 4.78 is 6.18. The third-order valence-corrected chi connectivity index (χ3v) is 8.10. The fourth-order valence-electron chi connectivity index (χ4n) is 1.54. The van der Waals surface area contributed by atoms with E-state index in [4.69, 9.17) is 4.43 Å². The third-order valence-electron chi connectivity index (χ3n) is 3.50. The summed E-state index contributed by atoms with van der Waals surface area (Å²) in [6.07, 6.45) is 2.00. The van der Waals surface area contributed by atoms with Crippen molar-refractivity contribution in [2.24, 2.45) is 0 Å². The quantitative estimate of drug-likeness (QED) is 0.601. The Kier molecular flexibility index (Phi) is 6.29. The predicted molar refractivity (Wildman–Crippen MR) is 81.8 cm³/mol. The van der Waals surface area contributed by atoms with E-state index >= 15 is 0 Å². The Bertz CT molecular complexity index is 343. The average Bonchev–Trinajstić information content (AvgIpc) is 2.12. The molecule has 1 unspecified atom stereocenters. The Morgan fingerprint density at radius 1 is 1.37 bits per heavy atom. The van der Waals surface area contributed by atoms with Gasteiger partial charge in [-0.2, -0.15) is 0 Å². The lowest BCUT2D eigenvalue weighted by molar-refractivity contribution is -0.133. The molecule has 0 amide bonds. The molecule has 112 valence electrons. The molecule has 0 radical (unpaired) electrons. The van der Waals surface area contributed by atoms with Crippen molar-refractivity contribution in [3.05, 3.63) is 11.8 Å². The molecule has 0 heterocycles. The molecule has 0 bridgehead atoms. The number of aliphatic carboxylic acids is 1. The number of nitrogens with zero attached hydrogens (tertiary/aromatic N) is 1. The molecule has 1 atom stereocenters. The molecule has 5 heteroatoms. The molecule has 0 aromatic heterocycles. The fourth-order valence-corrected chi connectivity index (χ4v) is 2.98. The highest BCUT2D eigenvalue weighted by Crippen LogP contribution is 2.37. The lowest BCUT2D eigenvalue weighted by atomic mass is 10.1. The van der Waals surface area contributed by atoms with E-state index in [1.54, 1.807) is 11.1 Å². The minimum Gasteiger partial charge on any atom is -0.478 e. The monoisotopic (exact) mass is 287 g/mol. The van der Waals surface area contributed by atoms with E-state index < -0.39 is 14.3 Å². The molecule has 0 aliphatic heterocycles. The first-order valence-corrected chi connectivity index (χ1v) is 9.56. The van der Waals surface area contributed by atoms with Gasteiger partial charge in [-0.25, -0.2) is 4.79 Å². The minimum absolute atomic E-state index is 0.0804. The Balaban J connectivity index is 4.78. The predicted octanol–water partition coefficient (Wildman–Crippen LogP) is 3.32. The van der Waals surface area contributed by atoms with Crippen LogP contribution in [0.3, 0.4) is 0 Å². The first-order chi connectivity index (χ1) is 8.36. The van der Waals surface area contributed by atoms with E-state index in [0.29, 0.717) is 12.0 Å². The molecule has 4 nitrogen and oxygen atoms in total. The van der Waals surface area contributed by atoms with Crippen molar-refractivity contribution in [3.63, 3.8) is 0 Å². The number of rotatable bonds is 6. The van der Waals surface area contributed by atoms with Gasteiger partial charge in [0, 0.05) is 32.8 Å². The molecule has 0 aromatic rings. The highest BCUT2D eigenvalue weighted by molar-refractivity contribution is 6.74. The third kappa shape index (κ3) is 6.25. The van der Waals surface area contributed by atoms with Gasteiger partial charge in [-0.1, -0.05) is 20.8 Å². The second-order valence-corrected chi connectivity index (χ2v) is 11.6. The van der Waals surface area contributed by atoms with Crippen molar-refractivity contribution in [1.29, 1.82) is 0 Å². The average molecular weight is 287 g/mol. The summed E-state index contributed by atoms with van der Waals surface area (Å²) in [4.78, 5) is 12.9. The van der Waals surface area contributed by atoms with Gasteiger partial charge in [-0.05, 0) is 25.1 Å². The fraction of sp³-hybridized carbons (Fsp3) is 0.786. The van der Waals surface area contributed by atoms with Crippen molar-refractivity contribution in [2.75, 3.05) is 14.1 Å². The SMILES string of the molecule is CC(CC(=CN(C)C)C(=O)O)O[Si](C)(C)C(C)(C)C. The topological polar surface area (TPSA) is 49.8 Å². The molecule has 0 aliphatic rings. The van der Waals surface area contributed by atoms with Crippen LogP contribution in [0.25, 0.3) is 0 Å². The lowest BCUT2D eigenvalue weighted by Gasteiger charge is -2.38. The molecule has 1 N–H and O–H groups in total. The van der Waals surface area contributed by atoms with Crippen LogP contribution in [-0.2, 0) is 9.22 Å². The molecule has 0 saturated carbocycles. The van der Waals surface area contributed by atoms with Gasteiger partial charge in [-0.3, -0.25) is 0 Å². The van der Waals surface area contributed by atoms with Gasteiger partial charge in [0.15, 0.2) is 8.32 Å². The summed E-state index contributed by atoms with van der Waals surface area (Å²) in [5, 5.41) is 9.32. The second-order valence-electron chi connectivity index (χ2n) is 6.82. The van der Waals surface area contributed by atoms with Crippen LogP contribution >= 0.6 is 0 Å². The largest absolute Gasteiger partial charge is 0.478 e. The van der Waals surface area contributed by atoms with Gasteiger partial charge in [-0.15, -0.1) is 0 Å². The van der Waals surface area contributed by atoms with Crippen LogP contribution in [0.4, 0.5) is 0 Å². The van der Waals surface area contributed by atoms with E-state index in [-0.39, 0.29) is 11.1 Å². The Labute approximate surface area is 118 Å². The first kappa shape index (κ1) is 18.2. The normalized spacial score (nSPS) is 15.3. The molecular formula is C14H29NO3Si. The summed E-state index contributed by atoms with van der Waals surface area (Å²) in [5.41, 5.74) is 0.385. The maximum absolute atomic E-state index is 11.2. The lowest BCUT2D eigenvalue weighted by Crippen LogP contribution is -2.43. The molecule has 0 aliphatic carbocycles. The summed E-state index contributed by atoms with van der Waals surface area (Å²) in [7, 11) is 1.80. The summed E-state index contributed by atoms with van der Waals surface area (Å²) >= 11 is 0. The molecule has 0 rings (SSSR count). The zero-order valence-electron chi connectivity index (χ0n) is 13.6. The first-order valence-electron chi connectivity index (χ1n) is 6.65. The van der Waals surface area contributed by atoms with E-state index in [1.807, 2.05) is 21.0 Å². The zero-order valence-corrected chi connectivity index (χ0v) is 14.6. The van der Waals surface area contributed by atoms with Crippen molar-refractivity contribution >= 4 is 14.3 Å². The number of carbonyl (C=O) groups is 1. The van der Waals surface area contributed by atoms with Gasteiger partial charge >= 0.3 is 5.97 Å². The highest BCUT2D eigenvalue weighted by Gasteiger charge is 2.38. The molecule has 19 heavy (non-hydrogen) atoms. The van der Waals surface area contributed by atoms with E-state index in [0.717, 1.165) is 0 Å². The Morgan fingerprint density at radius 3 is 2.16 bits per heavy atom. The van der Waals surface area contributed by atoms with Crippen molar-refractivity contribution < 1.29 is 14.3 Å². The van der Waals surface area contributed by atoms with Crippen LogP contribution in [0, 0.1) is 0 Å². The van der Waals surface area contributed by atoms with Gasteiger partial charge < -0.3 is 14.4 Å². The Hall–Kier alpha value is -0.813.